The molecule has 2 aromatic rings. The van der Waals surface area contributed by atoms with E-state index in [1.54, 1.807) is 11.3 Å². The Morgan fingerprint density at radius 2 is 2.00 bits per heavy atom. The zero-order chi connectivity index (χ0) is 12.1. The van der Waals surface area contributed by atoms with Crippen LogP contribution in [-0.4, -0.2) is 11.7 Å². The third kappa shape index (κ3) is 3.32. The molecule has 1 atom stereocenters. The molecule has 0 radical (unpaired) electrons. The van der Waals surface area contributed by atoms with Gasteiger partial charge in [0.25, 0.3) is 0 Å². The largest absolute Gasteiger partial charge is 0.396 e. The molecular formula is C14H17NOS. The second-order valence-electron chi connectivity index (χ2n) is 4.09. The van der Waals surface area contributed by atoms with Crippen LogP contribution in [0.15, 0.2) is 41.1 Å². The number of benzene rings is 1. The summed E-state index contributed by atoms with van der Waals surface area (Å²) in [4.78, 5) is 0. The van der Waals surface area contributed by atoms with Crippen LogP contribution >= 0.6 is 11.3 Å². The van der Waals surface area contributed by atoms with Gasteiger partial charge in [-0.25, -0.2) is 0 Å². The number of anilines is 1. The molecule has 1 heterocycles. The Kier molecular flexibility index (Phi) is 4.18. The molecule has 1 aromatic carbocycles. The molecule has 0 fully saturated rings. The molecule has 0 saturated heterocycles. The highest BCUT2D eigenvalue weighted by Crippen LogP contribution is 2.21. The third-order valence-corrected chi connectivity index (χ3v) is 3.48. The van der Waals surface area contributed by atoms with Crippen molar-refractivity contribution in [3.63, 3.8) is 0 Å². The van der Waals surface area contributed by atoms with E-state index in [-0.39, 0.29) is 6.61 Å². The number of thiophene rings is 1. The first-order chi connectivity index (χ1) is 8.29. The molecule has 2 rings (SSSR count). The van der Waals surface area contributed by atoms with Gasteiger partial charge in [-0.15, -0.1) is 0 Å². The van der Waals surface area contributed by atoms with Gasteiger partial charge in [0.2, 0.25) is 0 Å². The fourth-order valence-electron chi connectivity index (χ4n) is 1.75. The maximum Gasteiger partial charge on any atom is 0.0493 e. The number of hydrogen-bond donors (Lipinski definition) is 2. The van der Waals surface area contributed by atoms with E-state index in [0.29, 0.717) is 6.04 Å². The Hall–Kier alpha value is -1.32. The lowest BCUT2D eigenvalue weighted by atomic mass is 10.1. The van der Waals surface area contributed by atoms with Crippen LogP contribution < -0.4 is 5.32 Å². The molecule has 0 bridgehead atoms. The van der Waals surface area contributed by atoms with Gasteiger partial charge in [-0.1, -0.05) is 12.1 Å². The summed E-state index contributed by atoms with van der Waals surface area (Å²) in [7, 11) is 0. The molecule has 1 aromatic heterocycles. The van der Waals surface area contributed by atoms with Crippen LogP contribution in [0, 0.1) is 0 Å². The fraction of sp³-hybridized carbons (Fsp3) is 0.286. The van der Waals surface area contributed by atoms with Crippen molar-refractivity contribution in [2.75, 3.05) is 11.9 Å². The third-order valence-electron chi connectivity index (χ3n) is 2.78. The van der Waals surface area contributed by atoms with Crippen LogP contribution in [0.3, 0.4) is 0 Å². The minimum Gasteiger partial charge on any atom is -0.396 e. The average molecular weight is 247 g/mol. The van der Waals surface area contributed by atoms with Crippen LogP contribution in [0.2, 0.25) is 0 Å². The molecule has 2 N–H and O–H groups in total. The van der Waals surface area contributed by atoms with Crippen molar-refractivity contribution in [1.29, 1.82) is 0 Å². The van der Waals surface area contributed by atoms with Crippen LogP contribution in [-0.2, 0) is 6.42 Å². The number of rotatable bonds is 5. The van der Waals surface area contributed by atoms with Crippen molar-refractivity contribution in [3.05, 3.63) is 52.2 Å². The number of aliphatic hydroxyl groups is 1. The predicted octanol–water partition coefficient (Wildman–Crippen LogP) is 3.46. The lowest BCUT2D eigenvalue weighted by Crippen LogP contribution is -2.05. The summed E-state index contributed by atoms with van der Waals surface area (Å²) in [6.45, 7) is 2.36. The average Bonchev–Trinajstić information content (AvgIpc) is 2.86. The highest BCUT2D eigenvalue weighted by molar-refractivity contribution is 7.07. The smallest absolute Gasteiger partial charge is 0.0493 e. The summed E-state index contributed by atoms with van der Waals surface area (Å²) in [5, 5.41) is 16.6. The van der Waals surface area contributed by atoms with Gasteiger partial charge in [-0.05, 0) is 53.4 Å². The topological polar surface area (TPSA) is 32.3 Å². The molecule has 90 valence electrons. The van der Waals surface area contributed by atoms with E-state index < -0.39 is 0 Å². The van der Waals surface area contributed by atoms with Gasteiger partial charge in [0, 0.05) is 18.3 Å². The van der Waals surface area contributed by atoms with Crippen molar-refractivity contribution in [2.24, 2.45) is 0 Å². The molecule has 0 aliphatic carbocycles. The van der Waals surface area contributed by atoms with E-state index in [0.717, 1.165) is 12.1 Å². The molecule has 0 aliphatic rings. The molecule has 17 heavy (non-hydrogen) atoms. The summed E-state index contributed by atoms with van der Waals surface area (Å²) in [6.07, 6.45) is 0.723. The van der Waals surface area contributed by atoms with Crippen LogP contribution in [0.1, 0.15) is 24.1 Å². The Balaban J connectivity index is 1.99. The minimum atomic E-state index is 0.206. The molecule has 3 heteroatoms. The lowest BCUT2D eigenvalue weighted by Gasteiger charge is -2.14. The lowest BCUT2D eigenvalue weighted by molar-refractivity contribution is 0.299. The van der Waals surface area contributed by atoms with Gasteiger partial charge in [0.1, 0.15) is 0 Å². The summed E-state index contributed by atoms with van der Waals surface area (Å²) < 4.78 is 0. The molecule has 0 aliphatic heterocycles. The van der Waals surface area contributed by atoms with Crippen molar-refractivity contribution >= 4 is 17.0 Å². The van der Waals surface area contributed by atoms with Crippen molar-refractivity contribution in [2.45, 2.75) is 19.4 Å². The first kappa shape index (κ1) is 12.1. The fourth-order valence-corrected chi connectivity index (χ4v) is 2.51. The number of aliphatic hydroxyl groups excluding tert-OH is 1. The van der Waals surface area contributed by atoms with Gasteiger partial charge in [0.05, 0.1) is 0 Å². The molecular weight excluding hydrogens is 230 g/mol. The van der Waals surface area contributed by atoms with E-state index in [1.807, 2.05) is 0 Å². The summed E-state index contributed by atoms with van der Waals surface area (Å²) in [6, 6.07) is 10.7. The first-order valence-electron chi connectivity index (χ1n) is 5.78. The first-order valence-corrected chi connectivity index (χ1v) is 6.72. The van der Waals surface area contributed by atoms with Crippen LogP contribution in [0.4, 0.5) is 5.69 Å². The van der Waals surface area contributed by atoms with Gasteiger partial charge in [0.15, 0.2) is 0 Å². The molecule has 0 saturated carbocycles. The molecule has 0 amide bonds. The van der Waals surface area contributed by atoms with Gasteiger partial charge < -0.3 is 10.4 Å². The zero-order valence-corrected chi connectivity index (χ0v) is 10.7. The maximum atomic E-state index is 8.84. The molecule has 0 spiro atoms. The number of nitrogens with one attached hydrogen (secondary N) is 1. The zero-order valence-electron chi connectivity index (χ0n) is 9.89. The monoisotopic (exact) mass is 247 g/mol. The summed E-state index contributed by atoms with van der Waals surface area (Å²) >= 11 is 1.72. The Labute approximate surface area is 106 Å². The van der Waals surface area contributed by atoms with Crippen LogP contribution in [0.5, 0.6) is 0 Å². The second kappa shape index (κ2) is 5.84. The standard InChI is InChI=1S/C14H17NOS/c1-11(13-7-9-17-10-13)15-14-4-2-12(3-5-14)6-8-16/h2-5,7,9-11,15-16H,6,8H2,1H3. The van der Waals surface area contributed by atoms with Crippen molar-refractivity contribution < 1.29 is 5.11 Å². The highest BCUT2D eigenvalue weighted by atomic mass is 32.1. The van der Waals surface area contributed by atoms with Crippen molar-refractivity contribution in [1.82, 2.24) is 0 Å². The minimum absolute atomic E-state index is 0.206. The van der Waals surface area contributed by atoms with Gasteiger partial charge >= 0.3 is 0 Å². The summed E-state index contributed by atoms with van der Waals surface area (Å²) in [5.41, 5.74) is 3.60. The normalized spacial score (nSPS) is 12.4. The van der Waals surface area contributed by atoms with E-state index in [2.05, 4.69) is 53.3 Å². The van der Waals surface area contributed by atoms with Gasteiger partial charge in [-0.2, -0.15) is 11.3 Å². The van der Waals surface area contributed by atoms with Crippen molar-refractivity contribution in [3.8, 4) is 0 Å². The predicted molar refractivity (Wildman–Crippen MR) is 73.6 cm³/mol. The van der Waals surface area contributed by atoms with E-state index >= 15 is 0 Å². The van der Waals surface area contributed by atoms with E-state index in [1.165, 1.54) is 11.1 Å². The van der Waals surface area contributed by atoms with Gasteiger partial charge in [-0.3, -0.25) is 0 Å². The number of hydrogen-bond acceptors (Lipinski definition) is 3. The summed E-state index contributed by atoms with van der Waals surface area (Å²) in [5.74, 6) is 0. The van der Waals surface area contributed by atoms with Crippen LogP contribution in [0.25, 0.3) is 0 Å². The molecule has 1 unspecified atom stereocenters. The maximum absolute atomic E-state index is 8.84. The molecule has 2 nitrogen and oxygen atoms in total. The van der Waals surface area contributed by atoms with E-state index in [4.69, 9.17) is 5.11 Å². The Bertz CT molecular complexity index is 436. The highest BCUT2D eigenvalue weighted by Gasteiger charge is 2.05. The second-order valence-corrected chi connectivity index (χ2v) is 4.87. The SMILES string of the molecule is CC(Nc1ccc(CCO)cc1)c1ccsc1. The quantitative estimate of drug-likeness (QED) is 0.848. The van der Waals surface area contributed by atoms with E-state index in [9.17, 15) is 0 Å². The Morgan fingerprint density at radius 1 is 1.24 bits per heavy atom. The Morgan fingerprint density at radius 3 is 2.59 bits per heavy atom.